The standard InChI is InChI=1S/C13H18O/c1-3-10-14-12-6-4-11(5-7-12)13(2)8-9-13/h4-7H,3,8-10H2,1-2H3. The van der Waals surface area contributed by atoms with Gasteiger partial charge in [0.1, 0.15) is 5.75 Å². The molecule has 14 heavy (non-hydrogen) atoms. The van der Waals surface area contributed by atoms with Gasteiger partial charge in [0.2, 0.25) is 0 Å². The second kappa shape index (κ2) is 3.64. The van der Waals surface area contributed by atoms with Gasteiger partial charge >= 0.3 is 0 Å². The van der Waals surface area contributed by atoms with Gasteiger partial charge in [-0.05, 0) is 42.4 Å². The summed E-state index contributed by atoms with van der Waals surface area (Å²) in [6.07, 6.45) is 3.74. The summed E-state index contributed by atoms with van der Waals surface area (Å²) in [5.41, 5.74) is 1.94. The van der Waals surface area contributed by atoms with Crippen LogP contribution in [0.25, 0.3) is 0 Å². The van der Waals surface area contributed by atoms with Crippen LogP contribution in [0.5, 0.6) is 5.75 Å². The Morgan fingerprint density at radius 1 is 1.21 bits per heavy atom. The fourth-order valence-electron chi connectivity index (χ4n) is 1.65. The highest BCUT2D eigenvalue weighted by atomic mass is 16.5. The zero-order valence-corrected chi connectivity index (χ0v) is 9.05. The maximum absolute atomic E-state index is 5.54. The third-order valence-corrected chi connectivity index (χ3v) is 3.02. The Hall–Kier alpha value is -0.980. The molecule has 0 aromatic heterocycles. The van der Waals surface area contributed by atoms with Crippen molar-refractivity contribution in [3.05, 3.63) is 29.8 Å². The third-order valence-electron chi connectivity index (χ3n) is 3.02. The van der Waals surface area contributed by atoms with Gasteiger partial charge < -0.3 is 4.74 Å². The highest BCUT2D eigenvalue weighted by Crippen LogP contribution is 2.47. The van der Waals surface area contributed by atoms with Crippen molar-refractivity contribution >= 4 is 0 Å². The van der Waals surface area contributed by atoms with Crippen molar-refractivity contribution in [3.8, 4) is 5.75 Å². The topological polar surface area (TPSA) is 9.23 Å². The maximum Gasteiger partial charge on any atom is 0.119 e. The molecule has 1 aliphatic rings. The molecule has 0 bridgehead atoms. The van der Waals surface area contributed by atoms with Gasteiger partial charge in [-0.25, -0.2) is 0 Å². The molecule has 0 unspecified atom stereocenters. The van der Waals surface area contributed by atoms with E-state index < -0.39 is 0 Å². The Morgan fingerprint density at radius 3 is 2.36 bits per heavy atom. The Labute approximate surface area is 86.1 Å². The molecule has 0 N–H and O–H groups in total. The van der Waals surface area contributed by atoms with E-state index in [2.05, 4.69) is 38.1 Å². The number of rotatable bonds is 4. The second-order valence-corrected chi connectivity index (χ2v) is 4.43. The summed E-state index contributed by atoms with van der Waals surface area (Å²) in [5, 5.41) is 0. The first-order valence-electron chi connectivity index (χ1n) is 5.48. The van der Waals surface area contributed by atoms with Crippen molar-refractivity contribution < 1.29 is 4.74 Å². The van der Waals surface area contributed by atoms with Crippen molar-refractivity contribution in [2.24, 2.45) is 0 Å². The molecule has 0 atom stereocenters. The maximum atomic E-state index is 5.54. The lowest BCUT2D eigenvalue weighted by molar-refractivity contribution is 0.317. The fourth-order valence-corrected chi connectivity index (χ4v) is 1.65. The summed E-state index contributed by atoms with van der Waals surface area (Å²) >= 11 is 0. The predicted molar refractivity (Wildman–Crippen MR) is 58.8 cm³/mol. The minimum atomic E-state index is 0.475. The number of benzene rings is 1. The molecule has 0 aliphatic heterocycles. The molecule has 0 spiro atoms. The third kappa shape index (κ3) is 1.92. The lowest BCUT2D eigenvalue weighted by Gasteiger charge is -2.10. The van der Waals surface area contributed by atoms with Crippen LogP contribution in [0.4, 0.5) is 0 Å². The zero-order chi connectivity index (χ0) is 10.0. The summed E-state index contributed by atoms with van der Waals surface area (Å²) in [4.78, 5) is 0. The van der Waals surface area contributed by atoms with Crippen LogP contribution < -0.4 is 4.74 Å². The first-order chi connectivity index (χ1) is 6.74. The quantitative estimate of drug-likeness (QED) is 0.705. The van der Waals surface area contributed by atoms with Crippen LogP contribution in [0.1, 0.15) is 38.7 Å². The highest BCUT2D eigenvalue weighted by Gasteiger charge is 2.38. The average Bonchev–Trinajstić information content (AvgIpc) is 2.96. The van der Waals surface area contributed by atoms with E-state index in [0.29, 0.717) is 5.41 Å². The minimum absolute atomic E-state index is 0.475. The van der Waals surface area contributed by atoms with E-state index in [0.717, 1.165) is 18.8 Å². The first kappa shape index (κ1) is 9.57. The Kier molecular flexibility index (Phi) is 2.49. The van der Waals surface area contributed by atoms with Crippen LogP contribution in [0.2, 0.25) is 0 Å². The molecular formula is C13H18O. The van der Waals surface area contributed by atoms with E-state index >= 15 is 0 Å². The SMILES string of the molecule is CCCOc1ccc(C2(C)CC2)cc1. The summed E-state index contributed by atoms with van der Waals surface area (Å²) < 4.78 is 5.54. The average molecular weight is 190 g/mol. The van der Waals surface area contributed by atoms with E-state index in [1.54, 1.807) is 0 Å². The van der Waals surface area contributed by atoms with Crippen LogP contribution >= 0.6 is 0 Å². The smallest absolute Gasteiger partial charge is 0.119 e. The van der Waals surface area contributed by atoms with Crippen LogP contribution in [0.15, 0.2) is 24.3 Å². The number of hydrogen-bond donors (Lipinski definition) is 0. The number of hydrogen-bond acceptors (Lipinski definition) is 1. The number of ether oxygens (including phenoxy) is 1. The summed E-state index contributed by atoms with van der Waals surface area (Å²) in [5.74, 6) is 1.000. The van der Waals surface area contributed by atoms with E-state index in [4.69, 9.17) is 4.74 Å². The lowest BCUT2D eigenvalue weighted by Crippen LogP contribution is -2.00. The van der Waals surface area contributed by atoms with Gasteiger partial charge in [-0.1, -0.05) is 26.0 Å². The Bertz CT molecular complexity index is 296. The monoisotopic (exact) mass is 190 g/mol. The van der Waals surface area contributed by atoms with Crippen molar-refractivity contribution in [1.82, 2.24) is 0 Å². The molecule has 1 heteroatoms. The Morgan fingerprint density at radius 2 is 1.86 bits per heavy atom. The van der Waals surface area contributed by atoms with Gasteiger partial charge in [0.15, 0.2) is 0 Å². The molecule has 1 aromatic rings. The van der Waals surface area contributed by atoms with E-state index in [-0.39, 0.29) is 0 Å². The molecule has 1 nitrogen and oxygen atoms in total. The van der Waals surface area contributed by atoms with Crippen LogP contribution in [0.3, 0.4) is 0 Å². The first-order valence-corrected chi connectivity index (χ1v) is 5.48. The molecule has 1 saturated carbocycles. The van der Waals surface area contributed by atoms with Crippen molar-refractivity contribution in [2.75, 3.05) is 6.61 Å². The summed E-state index contributed by atoms with van der Waals surface area (Å²) in [7, 11) is 0. The minimum Gasteiger partial charge on any atom is -0.494 e. The van der Waals surface area contributed by atoms with Gasteiger partial charge in [-0.2, -0.15) is 0 Å². The molecular weight excluding hydrogens is 172 g/mol. The molecule has 1 aliphatic carbocycles. The van der Waals surface area contributed by atoms with Gasteiger partial charge in [-0.15, -0.1) is 0 Å². The normalized spacial score (nSPS) is 17.9. The molecule has 0 heterocycles. The van der Waals surface area contributed by atoms with Gasteiger partial charge in [0, 0.05) is 0 Å². The molecule has 2 rings (SSSR count). The lowest BCUT2D eigenvalue weighted by atomic mass is 9.99. The van der Waals surface area contributed by atoms with Crippen molar-refractivity contribution in [2.45, 2.75) is 38.5 Å². The zero-order valence-electron chi connectivity index (χ0n) is 9.05. The second-order valence-electron chi connectivity index (χ2n) is 4.43. The van der Waals surface area contributed by atoms with Crippen LogP contribution in [-0.2, 0) is 5.41 Å². The molecule has 76 valence electrons. The van der Waals surface area contributed by atoms with E-state index in [1.807, 2.05) is 0 Å². The van der Waals surface area contributed by atoms with Gasteiger partial charge in [-0.3, -0.25) is 0 Å². The fraction of sp³-hybridized carbons (Fsp3) is 0.538. The van der Waals surface area contributed by atoms with Crippen molar-refractivity contribution in [3.63, 3.8) is 0 Å². The largest absolute Gasteiger partial charge is 0.494 e. The molecule has 0 radical (unpaired) electrons. The van der Waals surface area contributed by atoms with Crippen LogP contribution in [0, 0.1) is 0 Å². The molecule has 1 aromatic carbocycles. The molecule has 1 fully saturated rings. The molecule has 0 amide bonds. The highest BCUT2D eigenvalue weighted by molar-refractivity contribution is 5.35. The van der Waals surface area contributed by atoms with Crippen molar-refractivity contribution in [1.29, 1.82) is 0 Å². The van der Waals surface area contributed by atoms with Crippen LogP contribution in [-0.4, -0.2) is 6.61 Å². The molecule has 0 saturated heterocycles. The van der Waals surface area contributed by atoms with E-state index in [1.165, 1.54) is 18.4 Å². The van der Waals surface area contributed by atoms with Gasteiger partial charge in [0.25, 0.3) is 0 Å². The summed E-state index contributed by atoms with van der Waals surface area (Å²) in [6.45, 7) is 5.27. The van der Waals surface area contributed by atoms with E-state index in [9.17, 15) is 0 Å². The summed E-state index contributed by atoms with van der Waals surface area (Å²) in [6, 6.07) is 8.60. The van der Waals surface area contributed by atoms with Gasteiger partial charge in [0.05, 0.1) is 6.61 Å². The Balaban J connectivity index is 2.03. The predicted octanol–water partition coefficient (Wildman–Crippen LogP) is 3.53.